The summed E-state index contributed by atoms with van der Waals surface area (Å²) in [6.45, 7) is 0. The van der Waals surface area contributed by atoms with Gasteiger partial charge in [0.1, 0.15) is 5.69 Å². The van der Waals surface area contributed by atoms with Crippen molar-refractivity contribution in [3.8, 4) is 0 Å². The number of rotatable bonds is 2. The van der Waals surface area contributed by atoms with Gasteiger partial charge in [0.15, 0.2) is 0 Å². The SMILES string of the molecule is O=Nc1ccc(N=C2C=C(Cl)C(=O)C(Cl)=C2)cc1. The third-order valence-corrected chi connectivity index (χ3v) is 2.76. The van der Waals surface area contributed by atoms with Crippen molar-refractivity contribution in [1.82, 2.24) is 0 Å². The van der Waals surface area contributed by atoms with E-state index in [2.05, 4.69) is 10.2 Å². The molecule has 0 saturated carbocycles. The minimum absolute atomic E-state index is 0.0208. The molecule has 1 aromatic rings. The maximum atomic E-state index is 11.3. The van der Waals surface area contributed by atoms with E-state index in [1.165, 1.54) is 24.3 Å². The Kier molecular flexibility index (Phi) is 3.69. The minimum atomic E-state index is -0.419. The van der Waals surface area contributed by atoms with Crippen LogP contribution in [-0.2, 0) is 4.79 Å². The maximum Gasteiger partial charge on any atom is 0.215 e. The highest BCUT2D eigenvalue weighted by Crippen LogP contribution is 2.23. The third-order valence-electron chi connectivity index (χ3n) is 2.20. The van der Waals surface area contributed by atoms with Gasteiger partial charge in [-0.1, -0.05) is 23.2 Å². The molecule has 0 spiro atoms. The quantitative estimate of drug-likeness (QED) is 0.608. The molecule has 0 amide bonds. The number of hydrogen-bond acceptors (Lipinski definition) is 4. The largest absolute Gasteiger partial charge is 0.287 e. The van der Waals surface area contributed by atoms with Crippen LogP contribution in [0.2, 0.25) is 0 Å². The molecule has 0 atom stereocenters. The van der Waals surface area contributed by atoms with Crippen LogP contribution in [0, 0.1) is 4.91 Å². The number of allylic oxidation sites excluding steroid dienone is 4. The lowest BCUT2D eigenvalue weighted by Gasteiger charge is -2.05. The smallest absolute Gasteiger partial charge is 0.215 e. The zero-order valence-electron chi connectivity index (χ0n) is 8.93. The van der Waals surface area contributed by atoms with Crippen LogP contribution in [0.3, 0.4) is 0 Å². The number of carbonyl (C=O) groups is 1. The van der Waals surface area contributed by atoms with Crippen molar-refractivity contribution in [2.45, 2.75) is 0 Å². The molecule has 0 radical (unpaired) electrons. The van der Waals surface area contributed by atoms with Crippen molar-refractivity contribution < 1.29 is 4.79 Å². The molecule has 2 rings (SSSR count). The normalized spacial score (nSPS) is 15.0. The Bertz CT molecular complexity index is 577. The lowest BCUT2D eigenvalue weighted by molar-refractivity contribution is -0.111. The van der Waals surface area contributed by atoms with Crippen LogP contribution in [0.15, 0.2) is 56.7 Å². The van der Waals surface area contributed by atoms with Crippen LogP contribution in [0.4, 0.5) is 11.4 Å². The van der Waals surface area contributed by atoms with Gasteiger partial charge >= 0.3 is 0 Å². The monoisotopic (exact) mass is 280 g/mol. The van der Waals surface area contributed by atoms with Crippen LogP contribution in [0.5, 0.6) is 0 Å². The molecule has 1 aromatic carbocycles. The zero-order valence-corrected chi connectivity index (χ0v) is 10.4. The molecule has 0 aromatic heterocycles. The fourth-order valence-corrected chi connectivity index (χ4v) is 1.82. The van der Waals surface area contributed by atoms with E-state index in [4.69, 9.17) is 23.2 Å². The number of Topliss-reactive ketones (excluding diaryl/α,β-unsaturated/α-hetero) is 1. The van der Waals surface area contributed by atoms with E-state index in [0.717, 1.165) is 0 Å². The summed E-state index contributed by atoms with van der Waals surface area (Å²) in [7, 11) is 0. The number of nitroso groups, excluding NO2 is 1. The summed E-state index contributed by atoms with van der Waals surface area (Å²) in [5, 5.41) is 2.82. The molecule has 0 bridgehead atoms. The van der Waals surface area contributed by atoms with Gasteiger partial charge in [-0.2, -0.15) is 0 Å². The first-order valence-corrected chi connectivity index (χ1v) is 5.67. The zero-order chi connectivity index (χ0) is 13.1. The number of ketones is 1. The van der Waals surface area contributed by atoms with E-state index < -0.39 is 5.78 Å². The fraction of sp³-hybridized carbons (Fsp3) is 0. The molecular weight excluding hydrogens is 275 g/mol. The average molecular weight is 281 g/mol. The highest BCUT2D eigenvalue weighted by molar-refractivity contribution is 6.57. The van der Waals surface area contributed by atoms with Gasteiger partial charge in [0.25, 0.3) is 0 Å². The first kappa shape index (κ1) is 12.7. The van der Waals surface area contributed by atoms with E-state index in [-0.39, 0.29) is 10.1 Å². The predicted octanol–water partition coefficient (Wildman–Crippen LogP) is 3.99. The first-order chi connectivity index (χ1) is 8.60. The van der Waals surface area contributed by atoms with E-state index in [0.29, 0.717) is 17.1 Å². The van der Waals surface area contributed by atoms with Crippen LogP contribution in [0.25, 0.3) is 0 Å². The van der Waals surface area contributed by atoms with Crippen molar-refractivity contribution in [2.75, 3.05) is 0 Å². The summed E-state index contributed by atoms with van der Waals surface area (Å²) < 4.78 is 0. The second-order valence-corrected chi connectivity index (χ2v) is 4.27. The summed E-state index contributed by atoms with van der Waals surface area (Å²) in [5.74, 6) is -0.419. The van der Waals surface area contributed by atoms with E-state index in [1.54, 1.807) is 12.1 Å². The Balaban J connectivity index is 2.33. The Morgan fingerprint density at radius 1 is 0.889 bits per heavy atom. The molecule has 1 aliphatic rings. The van der Waals surface area contributed by atoms with Crippen LogP contribution < -0.4 is 0 Å². The van der Waals surface area contributed by atoms with Crippen LogP contribution in [-0.4, -0.2) is 11.5 Å². The van der Waals surface area contributed by atoms with Gasteiger partial charge < -0.3 is 0 Å². The summed E-state index contributed by atoms with van der Waals surface area (Å²) in [6.07, 6.45) is 2.86. The minimum Gasteiger partial charge on any atom is -0.287 e. The molecule has 18 heavy (non-hydrogen) atoms. The Morgan fingerprint density at radius 2 is 1.39 bits per heavy atom. The molecule has 6 heteroatoms. The van der Waals surface area contributed by atoms with Gasteiger partial charge in [0, 0.05) is 0 Å². The molecule has 0 N–H and O–H groups in total. The molecular formula is C12H6Cl2N2O2. The van der Waals surface area contributed by atoms with Crippen molar-refractivity contribution in [2.24, 2.45) is 10.2 Å². The second-order valence-electron chi connectivity index (χ2n) is 3.46. The second kappa shape index (κ2) is 5.25. The first-order valence-electron chi connectivity index (χ1n) is 4.91. The summed E-state index contributed by atoms with van der Waals surface area (Å²) in [4.78, 5) is 25.8. The van der Waals surface area contributed by atoms with Gasteiger partial charge in [-0.3, -0.25) is 4.79 Å². The number of aliphatic imine (C=N–C) groups is 1. The number of carbonyl (C=O) groups excluding carboxylic acids is 1. The molecule has 4 nitrogen and oxygen atoms in total. The van der Waals surface area contributed by atoms with Crippen molar-refractivity contribution in [3.05, 3.63) is 51.4 Å². The highest BCUT2D eigenvalue weighted by Gasteiger charge is 2.17. The summed E-state index contributed by atoms with van der Waals surface area (Å²) in [6, 6.07) is 6.33. The molecule has 0 fully saturated rings. The van der Waals surface area contributed by atoms with Crippen molar-refractivity contribution in [3.63, 3.8) is 0 Å². The number of benzene rings is 1. The van der Waals surface area contributed by atoms with Gasteiger partial charge in [0.2, 0.25) is 5.78 Å². The van der Waals surface area contributed by atoms with Crippen molar-refractivity contribution >= 4 is 46.1 Å². The Labute approximate surface area is 113 Å². The number of nitrogens with zero attached hydrogens (tertiary/aromatic N) is 2. The fourth-order valence-electron chi connectivity index (χ4n) is 1.35. The van der Waals surface area contributed by atoms with Crippen LogP contribution >= 0.6 is 23.2 Å². The summed E-state index contributed by atoms with van der Waals surface area (Å²) in [5.41, 5.74) is 1.39. The molecule has 1 aliphatic carbocycles. The van der Waals surface area contributed by atoms with Gasteiger partial charge in [-0.25, -0.2) is 4.99 Å². The summed E-state index contributed by atoms with van der Waals surface area (Å²) >= 11 is 11.4. The standard InChI is InChI=1S/C12H6Cl2N2O2/c13-10-5-9(6-11(14)12(10)17)15-7-1-3-8(16-18)4-2-7/h1-6H. The number of hydrogen-bond donors (Lipinski definition) is 0. The molecule has 0 unspecified atom stereocenters. The van der Waals surface area contributed by atoms with Gasteiger partial charge in [0.05, 0.1) is 21.5 Å². The highest BCUT2D eigenvalue weighted by atomic mass is 35.5. The topological polar surface area (TPSA) is 58.9 Å². The number of halogens is 2. The lowest BCUT2D eigenvalue weighted by atomic mass is 10.1. The van der Waals surface area contributed by atoms with E-state index in [1.807, 2.05) is 0 Å². The molecule has 0 saturated heterocycles. The lowest BCUT2D eigenvalue weighted by Crippen LogP contribution is -2.07. The van der Waals surface area contributed by atoms with Crippen LogP contribution in [0.1, 0.15) is 0 Å². The molecule has 90 valence electrons. The van der Waals surface area contributed by atoms with E-state index in [9.17, 15) is 9.70 Å². The van der Waals surface area contributed by atoms with Crippen molar-refractivity contribution in [1.29, 1.82) is 0 Å². The maximum absolute atomic E-state index is 11.3. The Hall–Kier alpha value is -1.78. The molecule has 0 heterocycles. The van der Waals surface area contributed by atoms with Gasteiger partial charge in [-0.15, -0.1) is 4.91 Å². The van der Waals surface area contributed by atoms with E-state index >= 15 is 0 Å². The average Bonchev–Trinajstić information content (AvgIpc) is 2.37. The predicted molar refractivity (Wildman–Crippen MR) is 71.9 cm³/mol. The molecule has 0 aliphatic heterocycles. The van der Waals surface area contributed by atoms with Gasteiger partial charge in [-0.05, 0) is 41.6 Å². The third kappa shape index (κ3) is 2.72. The Morgan fingerprint density at radius 3 is 1.89 bits per heavy atom.